The third-order valence-electron chi connectivity index (χ3n) is 5.47. The van der Waals surface area contributed by atoms with E-state index in [-0.39, 0.29) is 24.6 Å². The molecule has 0 radical (unpaired) electrons. The van der Waals surface area contributed by atoms with Gasteiger partial charge < -0.3 is 14.7 Å². The second kappa shape index (κ2) is 11.2. The first-order valence-corrected chi connectivity index (χ1v) is 10.5. The average Bonchev–Trinajstić information content (AvgIpc) is 2.77. The Morgan fingerprint density at radius 2 is 1.70 bits per heavy atom. The van der Waals surface area contributed by atoms with Crippen molar-refractivity contribution in [2.24, 2.45) is 0 Å². The second-order valence-corrected chi connectivity index (χ2v) is 7.60. The minimum Gasteiger partial charge on any atom is -0.322 e. The zero-order chi connectivity index (χ0) is 21.2. The van der Waals surface area contributed by atoms with Crippen LogP contribution in [0.25, 0.3) is 6.08 Å². The molecule has 30 heavy (non-hydrogen) atoms. The largest absolute Gasteiger partial charge is 0.322 e. The van der Waals surface area contributed by atoms with Crippen LogP contribution in [0.15, 0.2) is 60.7 Å². The van der Waals surface area contributed by atoms with Gasteiger partial charge in [0.1, 0.15) is 32.0 Å². The molecule has 156 valence electrons. The maximum Gasteiger partial charge on any atom is 0.282 e. The van der Waals surface area contributed by atoms with Crippen LogP contribution in [0.2, 0.25) is 0 Å². The number of hydrogen-bond donors (Lipinski definition) is 2. The lowest BCUT2D eigenvalue weighted by atomic mass is 10.2. The highest BCUT2D eigenvalue weighted by atomic mass is 19.1. The summed E-state index contributed by atoms with van der Waals surface area (Å²) in [6, 6.07) is 18.6. The van der Waals surface area contributed by atoms with Gasteiger partial charge >= 0.3 is 0 Å². The number of anilines is 1. The van der Waals surface area contributed by atoms with Crippen molar-refractivity contribution in [3.05, 3.63) is 72.1 Å². The summed E-state index contributed by atoms with van der Waals surface area (Å²) < 4.78 is 14.2. The first kappa shape index (κ1) is 21.7. The molecule has 0 unspecified atom stereocenters. The van der Waals surface area contributed by atoms with Crippen LogP contribution in [-0.2, 0) is 4.79 Å². The van der Waals surface area contributed by atoms with E-state index in [1.165, 1.54) is 26.3 Å². The highest BCUT2D eigenvalue weighted by Crippen LogP contribution is 2.18. The van der Waals surface area contributed by atoms with E-state index in [0.717, 1.165) is 32.7 Å². The predicted molar refractivity (Wildman–Crippen MR) is 116 cm³/mol. The smallest absolute Gasteiger partial charge is 0.282 e. The summed E-state index contributed by atoms with van der Waals surface area (Å²) in [5.41, 5.74) is 1.46. The van der Waals surface area contributed by atoms with Crippen molar-refractivity contribution >= 4 is 17.7 Å². The third kappa shape index (κ3) is 6.24. The van der Waals surface area contributed by atoms with Crippen molar-refractivity contribution in [2.75, 3.05) is 50.7 Å². The van der Waals surface area contributed by atoms with Crippen LogP contribution in [0.4, 0.5) is 10.1 Å². The van der Waals surface area contributed by atoms with Gasteiger partial charge in [0.05, 0.1) is 24.7 Å². The lowest BCUT2D eigenvalue weighted by molar-refractivity contribution is -1.01. The summed E-state index contributed by atoms with van der Waals surface area (Å²) in [5.74, 6) is -0.559. The van der Waals surface area contributed by atoms with Gasteiger partial charge in [-0.15, -0.1) is 0 Å². The Kier molecular flexibility index (Phi) is 8.13. The van der Waals surface area contributed by atoms with Crippen LogP contribution < -0.4 is 14.7 Å². The number of piperazine rings is 1. The molecular formula is C24H29FN4O+2. The number of carbonyl (C=O) groups excluding carboxylic acids is 1. The molecule has 2 aromatic rings. The third-order valence-corrected chi connectivity index (χ3v) is 5.47. The number of rotatable bonds is 8. The summed E-state index contributed by atoms with van der Waals surface area (Å²) in [5, 5.41) is 8.91. The van der Waals surface area contributed by atoms with E-state index in [2.05, 4.69) is 30.4 Å². The molecule has 0 aromatic heterocycles. The number of nitrogens with zero attached hydrogens (tertiary/aromatic N) is 2. The number of benzene rings is 2. The Morgan fingerprint density at radius 3 is 2.40 bits per heavy atom. The molecule has 0 atom stereocenters. The topological polar surface area (TPSA) is 53.0 Å². The summed E-state index contributed by atoms with van der Waals surface area (Å²) in [7, 11) is 0. The van der Waals surface area contributed by atoms with Crippen LogP contribution in [0.5, 0.6) is 0 Å². The number of carbonyl (C=O) groups is 1. The van der Waals surface area contributed by atoms with Crippen molar-refractivity contribution in [1.29, 1.82) is 5.26 Å². The Bertz CT molecular complexity index is 886. The standard InChI is InChI=1S/C24H27FN4O/c25-22-11-4-5-12-23(22)29(15-7-13-26)24(30)20-28-18-16-27(17-19-28)14-6-10-21-8-2-1-3-9-21/h1-6,8-12H,7,14-20H2/p+2/b10-6+. The fraction of sp³-hybridized carbons (Fsp3) is 0.333. The predicted octanol–water partition coefficient (Wildman–Crippen LogP) is 0.569. The number of para-hydroxylation sites is 1. The first-order valence-electron chi connectivity index (χ1n) is 10.5. The van der Waals surface area contributed by atoms with E-state index in [1.807, 2.05) is 18.2 Å². The van der Waals surface area contributed by atoms with Gasteiger partial charge in [-0.3, -0.25) is 4.79 Å². The fourth-order valence-corrected chi connectivity index (χ4v) is 3.79. The van der Waals surface area contributed by atoms with E-state index < -0.39 is 5.82 Å². The van der Waals surface area contributed by atoms with Crippen LogP contribution in [-0.4, -0.2) is 51.7 Å². The highest BCUT2D eigenvalue weighted by molar-refractivity contribution is 5.94. The van der Waals surface area contributed by atoms with E-state index >= 15 is 0 Å². The number of hydrogen-bond acceptors (Lipinski definition) is 2. The minimum atomic E-state index is -0.432. The Morgan fingerprint density at radius 1 is 1.03 bits per heavy atom. The van der Waals surface area contributed by atoms with Gasteiger partial charge in [0.25, 0.3) is 5.91 Å². The molecule has 0 bridgehead atoms. The minimum absolute atomic E-state index is 0.127. The van der Waals surface area contributed by atoms with Crippen molar-refractivity contribution < 1.29 is 19.0 Å². The van der Waals surface area contributed by atoms with Gasteiger partial charge in [-0.25, -0.2) is 4.39 Å². The normalized spacial score (nSPS) is 18.8. The Labute approximate surface area is 177 Å². The summed E-state index contributed by atoms with van der Waals surface area (Å²) in [6.45, 7) is 5.32. The number of halogens is 1. The second-order valence-electron chi connectivity index (χ2n) is 7.60. The van der Waals surface area contributed by atoms with E-state index in [9.17, 15) is 9.18 Å². The Hall–Kier alpha value is -3.01. The number of nitrogens with one attached hydrogen (secondary N) is 2. The first-order chi connectivity index (χ1) is 14.7. The Balaban J connectivity index is 1.50. The zero-order valence-electron chi connectivity index (χ0n) is 17.2. The average molecular weight is 409 g/mol. The van der Waals surface area contributed by atoms with E-state index in [4.69, 9.17) is 5.26 Å². The lowest BCUT2D eigenvalue weighted by Gasteiger charge is -2.30. The van der Waals surface area contributed by atoms with Crippen LogP contribution >= 0.6 is 0 Å². The molecule has 6 heteroatoms. The SMILES string of the molecule is N#CCCN(C(=O)C[NH+]1CC[NH+](C/C=C/c2ccccc2)CC1)c1ccccc1F. The molecular weight excluding hydrogens is 379 g/mol. The van der Waals surface area contributed by atoms with Gasteiger partial charge in [0, 0.05) is 6.54 Å². The van der Waals surface area contributed by atoms with E-state index in [0.29, 0.717) is 6.54 Å². The van der Waals surface area contributed by atoms with Crippen molar-refractivity contribution in [2.45, 2.75) is 6.42 Å². The zero-order valence-corrected chi connectivity index (χ0v) is 17.2. The summed E-state index contributed by atoms with van der Waals surface area (Å²) >= 11 is 0. The molecule has 3 rings (SSSR count). The molecule has 1 fully saturated rings. The summed E-state index contributed by atoms with van der Waals surface area (Å²) in [6.07, 6.45) is 4.54. The monoisotopic (exact) mass is 408 g/mol. The maximum absolute atomic E-state index is 14.2. The van der Waals surface area contributed by atoms with Crippen LogP contribution in [0.3, 0.4) is 0 Å². The van der Waals surface area contributed by atoms with Gasteiger partial charge in [-0.2, -0.15) is 5.26 Å². The number of amides is 1. The van der Waals surface area contributed by atoms with Crippen molar-refractivity contribution in [3.8, 4) is 6.07 Å². The molecule has 1 saturated heterocycles. The van der Waals surface area contributed by atoms with Gasteiger partial charge in [-0.05, 0) is 23.8 Å². The molecule has 0 spiro atoms. The van der Waals surface area contributed by atoms with Crippen molar-refractivity contribution in [3.63, 3.8) is 0 Å². The highest BCUT2D eigenvalue weighted by Gasteiger charge is 2.27. The van der Waals surface area contributed by atoms with E-state index in [1.54, 1.807) is 18.2 Å². The van der Waals surface area contributed by atoms with Crippen LogP contribution in [0, 0.1) is 17.1 Å². The fourth-order valence-electron chi connectivity index (χ4n) is 3.79. The molecule has 2 aromatic carbocycles. The number of quaternary nitrogens is 2. The molecule has 0 aliphatic carbocycles. The van der Waals surface area contributed by atoms with Crippen LogP contribution in [0.1, 0.15) is 12.0 Å². The quantitative estimate of drug-likeness (QED) is 0.671. The molecule has 5 nitrogen and oxygen atoms in total. The van der Waals surface area contributed by atoms with Gasteiger partial charge in [-0.1, -0.05) is 48.5 Å². The summed E-state index contributed by atoms with van der Waals surface area (Å²) in [4.78, 5) is 17.0. The lowest BCUT2D eigenvalue weighted by Crippen LogP contribution is -3.28. The maximum atomic E-state index is 14.2. The molecule has 1 aliphatic rings. The van der Waals surface area contributed by atoms with Gasteiger partial charge in [0.2, 0.25) is 0 Å². The number of nitriles is 1. The molecule has 1 amide bonds. The molecule has 0 saturated carbocycles. The van der Waals surface area contributed by atoms with Gasteiger partial charge in [0.15, 0.2) is 6.54 Å². The van der Waals surface area contributed by atoms with Crippen molar-refractivity contribution in [1.82, 2.24) is 0 Å². The molecule has 1 heterocycles. The molecule has 1 aliphatic heterocycles. The molecule has 2 N–H and O–H groups in total.